The Labute approximate surface area is 299 Å². The molecule has 0 bridgehead atoms. The summed E-state index contributed by atoms with van der Waals surface area (Å²) in [7, 11) is 0. The number of fused-ring (bicyclic) bond motifs is 6. The maximum Gasteiger partial charge on any atom is 0.136 e. The Hall–Kier alpha value is -6.44. The van der Waals surface area contributed by atoms with Crippen molar-refractivity contribution in [3.8, 4) is 44.5 Å². The van der Waals surface area contributed by atoms with Gasteiger partial charge in [0.1, 0.15) is 11.2 Å². The van der Waals surface area contributed by atoms with Crippen molar-refractivity contribution >= 4 is 54.3 Å². The molecule has 228 valence electrons. The van der Waals surface area contributed by atoms with Crippen LogP contribution < -0.4 is 0 Å². The predicted molar refractivity (Wildman–Crippen MR) is 208 cm³/mol. The number of furan rings is 1. The fraction of sp³-hybridized carbons (Fsp3) is 0. The third-order valence-corrected chi connectivity index (χ3v) is 9.23. The van der Waals surface area contributed by atoms with Crippen molar-refractivity contribution in [1.29, 1.82) is 0 Å². The third kappa shape index (κ3) is 4.47. The molecule has 0 aliphatic rings. The maximum atomic E-state index is 9.46. The number of benzene rings is 9. The van der Waals surface area contributed by atoms with Gasteiger partial charge in [0.05, 0.1) is 15.1 Å². The Morgan fingerprint density at radius 1 is 0.388 bits per heavy atom. The van der Waals surface area contributed by atoms with Gasteiger partial charge < -0.3 is 4.42 Å². The molecule has 0 radical (unpaired) electrons. The van der Waals surface area contributed by atoms with Crippen LogP contribution in [-0.4, -0.2) is 0 Å². The molecule has 10 rings (SSSR count). The molecular formula is C48H30O. The monoisotopic (exact) mass is 633 g/mol. The Balaban J connectivity index is 1.25. The van der Waals surface area contributed by atoms with Gasteiger partial charge in [0.15, 0.2) is 0 Å². The molecule has 0 atom stereocenters. The highest BCUT2D eigenvalue weighted by atomic mass is 16.3. The lowest BCUT2D eigenvalue weighted by atomic mass is 9.84. The van der Waals surface area contributed by atoms with E-state index < -0.39 is 18.1 Å². The molecule has 1 heteroatoms. The summed E-state index contributed by atoms with van der Waals surface area (Å²) >= 11 is 0. The van der Waals surface area contributed by atoms with Gasteiger partial charge in [-0.3, -0.25) is 0 Å². The van der Waals surface area contributed by atoms with Gasteiger partial charge in [-0.2, -0.15) is 0 Å². The first-order chi connectivity index (χ1) is 28.9. The summed E-state index contributed by atoms with van der Waals surface area (Å²) in [6.07, 6.45) is 0. The highest BCUT2D eigenvalue weighted by molar-refractivity contribution is 6.26. The smallest absolute Gasteiger partial charge is 0.136 e. The van der Waals surface area contributed by atoms with Crippen molar-refractivity contribution in [2.45, 2.75) is 0 Å². The van der Waals surface area contributed by atoms with Crippen LogP contribution in [0.2, 0.25) is 0 Å². The van der Waals surface area contributed by atoms with Crippen LogP contribution in [0, 0.1) is 0 Å². The third-order valence-electron chi connectivity index (χ3n) is 9.23. The Bertz CT molecular complexity index is 3420. The van der Waals surface area contributed by atoms with E-state index in [-0.39, 0.29) is 87.0 Å². The Morgan fingerprint density at radius 3 is 1.73 bits per heavy atom. The van der Waals surface area contributed by atoms with Gasteiger partial charge in [0.2, 0.25) is 0 Å². The molecule has 49 heavy (non-hydrogen) atoms. The predicted octanol–water partition coefficient (Wildman–Crippen LogP) is 13.7. The van der Waals surface area contributed by atoms with Crippen LogP contribution in [0.1, 0.15) is 15.1 Å². The maximum absolute atomic E-state index is 9.46. The highest BCUT2D eigenvalue weighted by Crippen LogP contribution is 2.47. The van der Waals surface area contributed by atoms with Crippen LogP contribution in [0.15, 0.2) is 186 Å². The lowest BCUT2D eigenvalue weighted by Crippen LogP contribution is -1.91. The first kappa shape index (κ1) is 18.8. The van der Waals surface area contributed by atoms with Crippen LogP contribution in [0.4, 0.5) is 0 Å². The fourth-order valence-electron chi connectivity index (χ4n) is 7.04. The second-order valence-corrected chi connectivity index (χ2v) is 12.0. The topological polar surface area (TPSA) is 13.1 Å². The summed E-state index contributed by atoms with van der Waals surface area (Å²) in [6, 6.07) is 32.7. The largest absolute Gasteiger partial charge is 0.456 e. The van der Waals surface area contributed by atoms with E-state index in [1.165, 1.54) is 0 Å². The van der Waals surface area contributed by atoms with E-state index in [1.54, 1.807) is 30.3 Å². The van der Waals surface area contributed by atoms with Gasteiger partial charge in [-0.15, -0.1) is 0 Å². The van der Waals surface area contributed by atoms with Gasteiger partial charge in [-0.25, -0.2) is 0 Å². The minimum Gasteiger partial charge on any atom is -0.456 e. The quantitative estimate of drug-likeness (QED) is 0.176. The number of hydrogen-bond donors (Lipinski definition) is 0. The molecule has 10 aromatic rings. The molecule has 9 aromatic carbocycles. The number of rotatable bonds is 4. The van der Waals surface area contributed by atoms with Crippen LogP contribution in [0.5, 0.6) is 0 Å². The minimum absolute atomic E-state index is 0.0146. The molecule has 0 unspecified atom stereocenters. The SMILES string of the molecule is [2H]c1c([2H])c([2H])c(-c2ccc3cc(-c4c5ccccc5c(-c5c([2H])c([2H])c([2H])c6oc7c([2H])c(-c8ccccc8)c([2H])c([2H])c7c56)c5ccccc45)ccc3c2)c([2H])c1[2H]. The summed E-state index contributed by atoms with van der Waals surface area (Å²) in [5, 5.41) is 5.22. The average molecular weight is 634 g/mol. The standard InChI is InChI=1S/C48H30O/c1-3-12-31(13-4-1)33-22-23-35-29-37(25-24-34(35)28-33)46-38-16-7-9-18-40(38)47(41-19-10-8-17-39(41)46)43-20-11-21-44-48(43)42-27-26-36(30-45(42)49-44)32-14-5-2-6-15-32/h1-30H/i1D,3D,4D,11D,12D,13D,20D,21D,26D,27D,30D. The van der Waals surface area contributed by atoms with E-state index >= 15 is 0 Å². The van der Waals surface area contributed by atoms with Gasteiger partial charge in [0.25, 0.3) is 0 Å². The molecule has 0 aliphatic carbocycles. The molecule has 1 nitrogen and oxygen atoms in total. The van der Waals surface area contributed by atoms with Crippen molar-refractivity contribution in [3.05, 3.63) is 182 Å². The van der Waals surface area contributed by atoms with Crippen molar-refractivity contribution in [3.63, 3.8) is 0 Å². The molecule has 1 aromatic heterocycles. The summed E-state index contributed by atoms with van der Waals surface area (Å²) in [6.45, 7) is 0. The zero-order valence-corrected chi connectivity index (χ0v) is 25.9. The molecule has 0 spiro atoms. The normalized spacial score (nSPS) is 14.8. The van der Waals surface area contributed by atoms with Gasteiger partial charge >= 0.3 is 0 Å². The van der Waals surface area contributed by atoms with Crippen LogP contribution in [0.25, 0.3) is 98.8 Å². The molecule has 0 fully saturated rings. The molecule has 0 amide bonds. The van der Waals surface area contributed by atoms with Crippen molar-refractivity contribution in [1.82, 2.24) is 0 Å². The van der Waals surface area contributed by atoms with Crippen LogP contribution in [-0.2, 0) is 0 Å². The van der Waals surface area contributed by atoms with Crippen LogP contribution in [0.3, 0.4) is 0 Å². The van der Waals surface area contributed by atoms with E-state index in [1.807, 2.05) is 84.9 Å². The van der Waals surface area contributed by atoms with E-state index in [0.717, 1.165) is 43.4 Å². The Morgan fingerprint density at radius 2 is 1.02 bits per heavy atom. The van der Waals surface area contributed by atoms with Gasteiger partial charge in [-0.1, -0.05) is 151 Å². The molecule has 0 saturated carbocycles. The van der Waals surface area contributed by atoms with Crippen molar-refractivity contribution in [2.75, 3.05) is 0 Å². The zero-order valence-electron chi connectivity index (χ0n) is 36.9. The van der Waals surface area contributed by atoms with Crippen LogP contribution >= 0.6 is 0 Å². The lowest BCUT2D eigenvalue weighted by Gasteiger charge is -2.18. The minimum atomic E-state index is -0.442. The summed E-state index contributed by atoms with van der Waals surface area (Å²) in [4.78, 5) is 0. The van der Waals surface area contributed by atoms with E-state index in [0.29, 0.717) is 16.7 Å². The second-order valence-electron chi connectivity index (χ2n) is 12.0. The second kappa shape index (κ2) is 11.1. The molecule has 0 saturated heterocycles. The van der Waals surface area contributed by atoms with Gasteiger partial charge in [0, 0.05) is 10.8 Å². The van der Waals surface area contributed by atoms with Crippen molar-refractivity contribution in [2.24, 2.45) is 0 Å². The summed E-state index contributed by atoms with van der Waals surface area (Å²) in [5.41, 5.74) is 4.09. The number of hydrogen-bond acceptors (Lipinski definition) is 1. The Kier molecular flexibility index (Phi) is 4.25. The molecule has 1 heterocycles. The summed E-state index contributed by atoms with van der Waals surface area (Å²) in [5.74, 6) is 0. The zero-order chi connectivity index (χ0) is 41.9. The van der Waals surface area contributed by atoms with Crippen molar-refractivity contribution < 1.29 is 19.5 Å². The molecular weight excluding hydrogens is 593 g/mol. The van der Waals surface area contributed by atoms with E-state index in [9.17, 15) is 4.11 Å². The lowest BCUT2D eigenvalue weighted by molar-refractivity contribution is 0.669. The average Bonchev–Trinajstić information content (AvgIpc) is 3.67. The molecule has 0 aliphatic heterocycles. The first-order valence-corrected chi connectivity index (χ1v) is 15.9. The summed E-state index contributed by atoms with van der Waals surface area (Å²) < 4.78 is 103. The highest BCUT2D eigenvalue weighted by Gasteiger charge is 2.20. The van der Waals surface area contributed by atoms with Gasteiger partial charge in [-0.05, 0) is 107 Å². The fourth-order valence-corrected chi connectivity index (χ4v) is 7.04. The van der Waals surface area contributed by atoms with E-state index in [4.69, 9.17) is 15.4 Å². The van der Waals surface area contributed by atoms with E-state index in [2.05, 4.69) is 0 Å². The molecule has 0 N–H and O–H groups in total. The first-order valence-electron chi connectivity index (χ1n) is 21.4.